The third-order valence-electron chi connectivity index (χ3n) is 8.65. The highest BCUT2D eigenvalue weighted by atomic mass is 35.5. The van der Waals surface area contributed by atoms with Gasteiger partial charge in [-0.3, -0.25) is 9.78 Å². The minimum absolute atomic E-state index is 0.0314. The zero-order chi connectivity index (χ0) is 33.0. The number of ether oxygens (including phenoxy) is 3. The van der Waals surface area contributed by atoms with Gasteiger partial charge >= 0.3 is 6.01 Å². The van der Waals surface area contributed by atoms with E-state index >= 15 is 4.39 Å². The zero-order valence-electron chi connectivity index (χ0n) is 24.6. The van der Waals surface area contributed by atoms with Gasteiger partial charge in [0.1, 0.15) is 47.2 Å². The number of carbonyl (C=O) groups excluding carboxylic acids is 1. The first-order chi connectivity index (χ1) is 22.7. The van der Waals surface area contributed by atoms with E-state index in [9.17, 15) is 18.7 Å². The van der Waals surface area contributed by atoms with Gasteiger partial charge in [-0.25, -0.2) is 19.7 Å². The Balaban J connectivity index is 1.35. The Morgan fingerprint density at radius 3 is 2.77 bits per heavy atom. The molecular formula is C32H26ClF3N6O5. The van der Waals surface area contributed by atoms with Crippen LogP contribution in [0.5, 0.6) is 6.01 Å². The number of fused-ring (bicyclic) bond motifs is 3. The van der Waals surface area contributed by atoms with Gasteiger partial charge in [-0.15, -0.1) is 0 Å². The van der Waals surface area contributed by atoms with E-state index < -0.39 is 53.8 Å². The summed E-state index contributed by atoms with van der Waals surface area (Å²) in [5, 5.41) is 11.0. The van der Waals surface area contributed by atoms with Crippen LogP contribution in [0.1, 0.15) is 0 Å². The SMILES string of the molecule is [C-]#[N+]C[C@H]1CN(c2nc(O[C@@H]3CO[C@H]4[C@@H]3OC[C@H]4O)nc3c(F)c(-c4cccc5ccc(F)c(Cl)c45)ncc23)CCN1C(=O)C(=C)F. The molecule has 3 fully saturated rings. The van der Waals surface area contributed by atoms with Gasteiger partial charge in [-0.1, -0.05) is 42.4 Å². The van der Waals surface area contributed by atoms with Crippen molar-refractivity contribution in [2.24, 2.45) is 0 Å². The smallest absolute Gasteiger partial charge is 0.319 e. The fraction of sp³-hybridized carbons (Fsp3) is 0.344. The van der Waals surface area contributed by atoms with Crippen molar-refractivity contribution < 1.29 is 37.3 Å². The van der Waals surface area contributed by atoms with E-state index in [2.05, 4.69) is 26.4 Å². The van der Waals surface area contributed by atoms with Crippen molar-refractivity contribution in [3.8, 4) is 17.3 Å². The number of hydrogen-bond donors (Lipinski definition) is 1. The first kappa shape index (κ1) is 31.1. The van der Waals surface area contributed by atoms with Crippen molar-refractivity contribution >= 4 is 45.0 Å². The molecule has 3 aliphatic rings. The van der Waals surface area contributed by atoms with E-state index in [4.69, 9.17) is 32.4 Å². The van der Waals surface area contributed by atoms with Gasteiger partial charge in [-0.05, 0) is 11.5 Å². The van der Waals surface area contributed by atoms with Gasteiger partial charge in [0.15, 0.2) is 17.7 Å². The summed E-state index contributed by atoms with van der Waals surface area (Å²) in [4.78, 5) is 32.4. The van der Waals surface area contributed by atoms with Crippen molar-refractivity contribution in [2.75, 3.05) is 44.3 Å². The normalized spacial score (nSPS) is 24.0. The number of aromatic nitrogens is 3. The molecule has 242 valence electrons. The summed E-state index contributed by atoms with van der Waals surface area (Å²) in [7, 11) is 0. The fourth-order valence-electron chi connectivity index (χ4n) is 6.42. The Bertz CT molecular complexity index is 1980. The maximum atomic E-state index is 16.7. The monoisotopic (exact) mass is 666 g/mol. The van der Waals surface area contributed by atoms with Crippen LogP contribution < -0.4 is 9.64 Å². The first-order valence-electron chi connectivity index (χ1n) is 14.7. The molecule has 4 aromatic rings. The van der Waals surface area contributed by atoms with Crippen molar-refractivity contribution in [3.05, 3.63) is 77.0 Å². The molecule has 2 aromatic heterocycles. The molecule has 0 aliphatic carbocycles. The molecule has 15 heteroatoms. The quantitative estimate of drug-likeness (QED) is 0.240. The predicted molar refractivity (Wildman–Crippen MR) is 165 cm³/mol. The molecule has 7 rings (SSSR count). The summed E-state index contributed by atoms with van der Waals surface area (Å²) < 4.78 is 62.5. The van der Waals surface area contributed by atoms with Gasteiger partial charge < -0.3 is 34.0 Å². The molecule has 0 saturated carbocycles. The van der Waals surface area contributed by atoms with Crippen LogP contribution in [0.2, 0.25) is 5.02 Å². The molecular weight excluding hydrogens is 641 g/mol. The maximum absolute atomic E-state index is 16.7. The van der Waals surface area contributed by atoms with E-state index in [1.807, 2.05) is 0 Å². The summed E-state index contributed by atoms with van der Waals surface area (Å²) in [5.41, 5.74) is -0.0645. The van der Waals surface area contributed by atoms with Gasteiger partial charge in [0, 0.05) is 36.8 Å². The molecule has 0 spiro atoms. The number of piperazine rings is 1. The highest BCUT2D eigenvalue weighted by Gasteiger charge is 2.49. The second-order valence-corrected chi connectivity index (χ2v) is 11.8. The highest BCUT2D eigenvalue weighted by Crippen LogP contribution is 2.39. The van der Waals surface area contributed by atoms with E-state index in [1.54, 1.807) is 23.1 Å². The number of rotatable bonds is 6. The molecule has 2 aromatic carbocycles. The molecule has 11 nitrogen and oxygen atoms in total. The number of anilines is 1. The number of halogens is 4. The zero-order valence-corrected chi connectivity index (χ0v) is 25.3. The molecule has 47 heavy (non-hydrogen) atoms. The largest absolute Gasteiger partial charge is 0.455 e. The van der Waals surface area contributed by atoms with Crippen LogP contribution in [-0.4, -0.2) is 101 Å². The Morgan fingerprint density at radius 1 is 1.17 bits per heavy atom. The van der Waals surface area contributed by atoms with E-state index in [0.29, 0.717) is 5.39 Å². The predicted octanol–water partition coefficient (Wildman–Crippen LogP) is 4.10. The second-order valence-electron chi connectivity index (χ2n) is 11.4. The number of pyridine rings is 1. The summed E-state index contributed by atoms with van der Waals surface area (Å²) in [6, 6.07) is 6.79. The van der Waals surface area contributed by atoms with Crippen LogP contribution >= 0.6 is 11.6 Å². The second kappa shape index (κ2) is 12.2. The average Bonchev–Trinajstić information content (AvgIpc) is 3.64. The van der Waals surface area contributed by atoms with Crippen LogP contribution in [0.25, 0.3) is 37.8 Å². The third-order valence-corrected chi connectivity index (χ3v) is 9.02. The van der Waals surface area contributed by atoms with Crippen LogP contribution in [0.4, 0.5) is 19.0 Å². The number of benzene rings is 2. The maximum Gasteiger partial charge on any atom is 0.319 e. The Hall–Kier alpha value is -4.55. The van der Waals surface area contributed by atoms with Crippen LogP contribution in [-0.2, 0) is 14.3 Å². The molecule has 5 heterocycles. The Morgan fingerprint density at radius 2 is 1.98 bits per heavy atom. The molecule has 0 radical (unpaired) electrons. The number of aliphatic hydroxyl groups is 1. The standard InChI is InChI=1S/C32H26ClF3N6O5/c1-15(34)31(44)42-9-8-41(12-17(42)10-37-2)30-19-11-38-26(18-5-3-4-16-6-7-20(35)24(33)23(16)18)25(36)27(19)39-32(40-30)47-22-14-46-28-21(43)13-45-29(22)28/h3-7,11,17,21-22,28-29,43H,1,8-10,12-14H2/t17-,21+,22+,28+,29+/m0/s1. The minimum Gasteiger partial charge on any atom is -0.455 e. The third kappa shape index (κ3) is 5.39. The molecule has 1 amide bonds. The molecule has 1 N–H and O–H groups in total. The van der Waals surface area contributed by atoms with Gasteiger partial charge in [0.25, 0.3) is 5.91 Å². The minimum atomic E-state index is -1.14. The number of hydrogen-bond acceptors (Lipinski definition) is 9. The number of aliphatic hydroxyl groups excluding tert-OH is 1. The van der Waals surface area contributed by atoms with Crippen LogP contribution in [0.3, 0.4) is 0 Å². The lowest BCUT2D eigenvalue weighted by Gasteiger charge is -2.39. The van der Waals surface area contributed by atoms with Gasteiger partial charge in [-0.2, -0.15) is 9.97 Å². The van der Waals surface area contributed by atoms with Gasteiger partial charge in [0.05, 0.1) is 23.6 Å². The highest BCUT2D eigenvalue weighted by molar-refractivity contribution is 6.36. The lowest BCUT2D eigenvalue weighted by atomic mass is 10.0. The first-order valence-corrected chi connectivity index (χ1v) is 15.1. The van der Waals surface area contributed by atoms with Crippen molar-refractivity contribution in [3.63, 3.8) is 0 Å². The Labute approximate surface area is 270 Å². The molecule has 0 bridgehead atoms. The van der Waals surface area contributed by atoms with Crippen molar-refractivity contribution in [1.82, 2.24) is 19.9 Å². The number of amides is 1. The molecule has 3 aliphatic heterocycles. The lowest BCUT2D eigenvalue weighted by molar-refractivity contribution is -0.131. The lowest BCUT2D eigenvalue weighted by Crippen LogP contribution is -2.56. The van der Waals surface area contributed by atoms with Crippen LogP contribution in [0, 0.1) is 18.2 Å². The average molecular weight is 667 g/mol. The molecule has 0 unspecified atom stereocenters. The summed E-state index contributed by atoms with van der Waals surface area (Å²) >= 11 is 6.35. The number of carbonyl (C=O) groups is 1. The topological polar surface area (TPSA) is 114 Å². The summed E-state index contributed by atoms with van der Waals surface area (Å²) in [6.07, 6.45) is -1.37. The van der Waals surface area contributed by atoms with Crippen molar-refractivity contribution in [2.45, 2.75) is 30.5 Å². The summed E-state index contributed by atoms with van der Waals surface area (Å²) in [5.74, 6) is -3.37. The Kier molecular flexibility index (Phi) is 8.09. The van der Waals surface area contributed by atoms with E-state index in [-0.39, 0.29) is 83.8 Å². The number of nitrogens with zero attached hydrogens (tertiary/aromatic N) is 6. The molecule has 3 saturated heterocycles. The summed E-state index contributed by atoms with van der Waals surface area (Å²) in [6.45, 7) is 10.7. The van der Waals surface area contributed by atoms with E-state index in [0.717, 1.165) is 0 Å². The van der Waals surface area contributed by atoms with Crippen LogP contribution in [0.15, 0.2) is 48.9 Å². The molecule has 5 atom stereocenters. The van der Waals surface area contributed by atoms with Crippen molar-refractivity contribution in [1.29, 1.82) is 0 Å². The fourth-order valence-corrected chi connectivity index (χ4v) is 6.70. The van der Waals surface area contributed by atoms with Gasteiger partial charge in [0.2, 0.25) is 6.54 Å². The van der Waals surface area contributed by atoms with E-state index in [1.165, 1.54) is 23.2 Å².